The Morgan fingerprint density at radius 3 is 2.71 bits per heavy atom. The Labute approximate surface area is 126 Å². The lowest BCUT2D eigenvalue weighted by Gasteiger charge is -2.24. The lowest BCUT2D eigenvalue weighted by Crippen LogP contribution is -2.31. The Morgan fingerprint density at radius 2 is 1.95 bits per heavy atom. The van der Waals surface area contributed by atoms with Gasteiger partial charge in [0.2, 0.25) is 0 Å². The number of aliphatic hydroxyl groups is 1. The van der Waals surface area contributed by atoms with E-state index in [1.54, 1.807) is 0 Å². The summed E-state index contributed by atoms with van der Waals surface area (Å²) in [6.07, 6.45) is 1.74. The van der Waals surface area contributed by atoms with E-state index >= 15 is 0 Å². The molecule has 0 aliphatic carbocycles. The van der Waals surface area contributed by atoms with E-state index in [1.807, 2.05) is 43.3 Å². The van der Waals surface area contributed by atoms with Gasteiger partial charge in [-0.05, 0) is 31.0 Å². The average molecular weight is 282 g/mol. The number of hydrogen-bond donors (Lipinski definition) is 1. The number of nitrogens with zero attached hydrogens (tertiary/aromatic N) is 2. The van der Waals surface area contributed by atoms with E-state index in [0.29, 0.717) is 6.54 Å². The number of hydrogen-bond acceptors (Lipinski definition) is 3. The van der Waals surface area contributed by atoms with Gasteiger partial charge in [0, 0.05) is 37.4 Å². The fourth-order valence-electron chi connectivity index (χ4n) is 3.06. The van der Waals surface area contributed by atoms with Crippen LogP contribution >= 0.6 is 0 Å². The van der Waals surface area contributed by atoms with Gasteiger partial charge in [0.25, 0.3) is 0 Å². The third-order valence-corrected chi connectivity index (χ3v) is 4.27. The van der Waals surface area contributed by atoms with E-state index in [4.69, 9.17) is 0 Å². The number of pyridine rings is 1. The maximum atomic E-state index is 10.8. The van der Waals surface area contributed by atoms with Crippen LogP contribution in [0.2, 0.25) is 0 Å². The molecule has 110 valence electrons. The van der Waals surface area contributed by atoms with Gasteiger partial charge in [-0.2, -0.15) is 0 Å². The summed E-state index contributed by atoms with van der Waals surface area (Å²) in [7, 11) is 0. The normalized spacial score (nSPS) is 22.6. The van der Waals surface area contributed by atoms with E-state index in [-0.39, 0.29) is 0 Å². The molecule has 1 aromatic heterocycles. The van der Waals surface area contributed by atoms with Crippen molar-refractivity contribution in [2.24, 2.45) is 0 Å². The zero-order valence-corrected chi connectivity index (χ0v) is 12.5. The first-order chi connectivity index (χ1) is 10.2. The van der Waals surface area contributed by atoms with Crippen LogP contribution in [0.25, 0.3) is 0 Å². The monoisotopic (exact) mass is 282 g/mol. The first-order valence-electron chi connectivity index (χ1n) is 7.58. The maximum Gasteiger partial charge on any atom is 0.103 e. The lowest BCUT2D eigenvalue weighted by atomic mass is 9.93. The molecule has 3 heteroatoms. The van der Waals surface area contributed by atoms with Crippen molar-refractivity contribution in [2.45, 2.75) is 25.4 Å². The molecule has 2 aromatic rings. The van der Waals surface area contributed by atoms with E-state index < -0.39 is 5.60 Å². The van der Waals surface area contributed by atoms with Crippen LogP contribution < -0.4 is 0 Å². The molecule has 0 bridgehead atoms. The summed E-state index contributed by atoms with van der Waals surface area (Å²) in [4.78, 5) is 6.87. The predicted octanol–water partition coefficient (Wildman–Crippen LogP) is 2.53. The highest BCUT2D eigenvalue weighted by atomic mass is 16.3. The van der Waals surface area contributed by atoms with E-state index in [9.17, 15) is 5.11 Å². The molecule has 3 rings (SSSR count). The second-order valence-electron chi connectivity index (χ2n) is 5.94. The second-order valence-corrected chi connectivity index (χ2v) is 5.94. The van der Waals surface area contributed by atoms with Crippen molar-refractivity contribution in [3.05, 3.63) is 65.5 Å². The van der Waals surface area contributed by atoms with Gasteiger partial charge in [0.15, 0.2) is 0 Å². The highest BCUT2D eigenvalue weighted by molar-refractivity contribution is 5.24. The summed E-state index contributed by atoms with van der Waals surface area (Å²) >= 11 is 0. The van der Waals surface area contributed by atoms with Gasteiger partial charge in [-0.3, -0.25) is 9.88 Å². The Bertz CT molecular complexity index is 599. The van der Waals surface area contributed by atoms with Crippen LogP contribution in [-0.2, 0) is 12.0 Å². The van der Waals surface area contributed by atoms with Crippen molar-refractivity contribution >= 4 is 0 Å². The van der Waals surface area contributed by atoms with Crippen LogP contribution in [0, 0.1) is 6.92 Å². The standard InChI is InChI=1S/C18H22N2O/c1-15-6-5-9-17(19-15)10-12-20-13-11-18(21,14-20)16-7-3-2-4-8-16/h2-9,21H,10-14H2,1H3/t18-/m0/s1. The molecule has 1 aliphatic heterocycles. The third kappa shape index (κ3) is 3.31. The van der Waals surface area contributed by atoms with Gasteiger partial charge in [-0.15, -0.1) is 0 Å². The first-order valence-corrected chi connectivity index (χ1v) is 7.58. The molecule has 0 saturated carbocycles. The van der Waals surface area contributed by atoms with Gasteiger partial charge in [-0.25, -0.2) is 0 Å². The molecule has 0 amide bonds. The minimum Gasteiger partial charge on any atom is -0.384 e. The maximum absolute atomic E-state index is 10.8. The minimum atomic E-state index is -0.693. The predicted molar refractivity (Wildman–Crippen MR) is 84.1 cm³/mol. The molecule has 0 spiro atoms. The Morgan fingerprint density at radius 1 is 1.14 bits per heavy atom. The third-order valence-electron chi connectivity index (χ3n) is 4.27. The highest BCUT2D eigenvalue weighted by Crippen LogP contribution is 2.31. The van der Waals surface area contributed by atoms with Crippen molar-refractivity contribution < 1.29 is 5.11 Å². The van der Waals surface area contributed by atoms with E-state index in [2.05, 4.69) is 22.0 Å². The number of benzene rings is 1. The van der Waals surface area contributed by atoms with Gasteiger partial charge in [0.05, 0.1) is 0 Å². The molecule has 1 atom stereocenters. The Hall–Kier alpha value is -1.71. The van der Waals surface area contributed by atoms with Crippen LogP contribution in [0.3, 0.4) is 0 Å². The molecule has 1 N–H and O–H groups in total. The summed E-state index contributed by atoms with van der Waals surface area (Å²) in [6, 6.07) is 16.2. The van der Waals surface area contributed by atoms with Crippen LogP contribution in [0.15, 0.2) is 48.5 Å². The molecule has 2 heterocycles. The summed E-state index contributed by atoms with van der Waals surface area (Å²) in [5, 5.41) is 10.8. The second kappa shape index (κ2) is 5.96. The minimum absolute atomic E-state index is 0.693. The number of aromatic nitrogens is 1. The van der Waals surface area contributed by atoms with E-state index in [0.717, 1.165) is 42.9 Å². The van der Waals surface area contributed by atoms with Gasteiger partial charge in [0.1, 0.15) is 5.60 Å². The number of likely N-dealkylation sites (tertiary alicyclic amines) is 1. The molecular formula is C18H22N2O. The lowest BCUT2D eigenvalue weighted by molar-refractivity contribution is 0.0462. The van der Waals surface area contributed by atoms with Crippen molar-refractivity contribution in [3.63, 3.8) is 0 Å². The fourth-order valence-corrected chi connectivity index (χ4v) is 3.06. The number of β-amino-alcohol motifs (C(OH)–C–C–N with tert-alkyl or cyclic N) is 1. The van der Waals surface area contributed by atoms with Crippen LogP contribution in [0.1, 0.15) is 23.4 Å². The molecule has 0 unspecified atom stereocenters. The van der Waals surface area contributed by atoms with Crippen LogP contribution in [0.4, 0.5) is 0 Å². The molecule has 3 nitrogen and oxygen atoms in total. The quantitative estimate of drug-likeness (QED) is 0.936. The molecule has 21 heavy (non-hydrogen) atoms. The average Bonchev–Trinajstić information content (AvgIpc) is 2.89. The zero-order valence-electron chi connectivity index (χ0n) is 12.5. The SMILES string of the molecule is Cc1cccc(CCN2CC[C@@](O)(c3ccccc3)C2)n1. The van der Waals surface area contributed by atoms with E-state index in [1.165, 1.54) is 0 Å². The van der Waals surface area contributed by atoms with Crippen molar-refractivity contribution in [1.82, 2.24) is 9.88 Å². The van der Waals surface area contributed by atoms with Crippen molar-refractivity contribution in [2.75, 3.05) is 19.6 Å². The molecule has 1 aliphatic rings. The smallest absolute Gasteiger partial charge is 0.103 e. The molecule has 1 fully saturated rings. The summed E-state index contributed by atoms with van der Waals surface area (Å²) in [6.45, 7) is 4.62. The summed E-state index contributed by atoms with van der Waals surface area (Å²) in [5.41, 5.74) is 2.53. The summed E-state index contributed by atoms with van der Waals surface area (Å²) < 4.78 is 0. The van der Waals surface area contributed by atoms with Gasteiger partial charge < -0.3 is 5.11 Å². The molecule has 1 aromatic carbocycles. The number of aryl methyl sites for hydroxylation is 1. The molecule has 1 saturated heterocycles. The molecular weight excluding hydrogens is 260 g/mol. The number of rotatable bonds is 4. The largest absolute Gasteiger partial charge is 0.384 e. The Balaban J connectivity index is 1.60. The molecule has 0 radical (unpaired) electrons. The van der Waals surface area contributed by atoms with Crippen LogP contribution in [0.5, 0.6) is 0 Å². The summed E-state index contributed by atoms with van der Waals surface area (Å²) in [5.74, 6) is 0. The van der Waals surface area contributed by atoms with Crippen molar-refractivity contribution in [3.8, 4) is 0 Å². The zero-order chi connectivity index (χ0) is 14.7. The van der Waals surface area contributed by atoms with Crippen molar-refractivity contribution in [1.29, 1.82) is 0 Å². The van der Waals surface area contributed by atoms with Gasteiger partial charge >= 0.3 is 0 Å². The Kier molecular flexibility index (Phi) is 4.04. The topological polar surface area (TPSA) is 36.4 Å². The highest BCUT2D eigenvalue weighted by Gasteiger charge is 2.37. The van der Waals surface area contributed by atoms with Gasteiger partial charge in [-0.1, -0.05) is 36.4 Å². The van der Waals surface area contributed by atoms with Crippen LogP contribution in [-0.4, -0.2) is 34.6 Å². The fraction of sp³-hybridized carbons (Fsp3) is 0.389. The first kappa shape index (κ1) is 14.2.